The van der Waals surface area contributed by atoms with Gasteiger partial charge in [0.1, 0.15) is 11.1 Å². The standard InChI is InChI=1S/C20H32N2O4S/c1-5-7-8-10-21-16(15(3)4)13-18(26-12-9-11-23)19-22-17(14-27-19)20(24)25-6-2/h1,14-16,18,21,23H,6-13H2,2-4H3/t16-,18-/m1/s1. The maximum Gasteiger partial charge on any atom is 0.357 e. The number of esters is 1. The van der Waals surface area contributed by atoms with E-state index in [0.29, 0.717) is 31.2 Å². The summed E-state index contributed by atoms with van der Waals surface area (Å²) in [6.45, 7) is 7.78. The van der Waals surface area contributed by atoms with Crippen molar-refractivity contribution in [2.24, 2.45) is 5.92 Å². The van der Waals surface area contributed by atoms with Gasteiger partial charge in [-0.2, -0.15) is 0 Å². The minimum atomic E-state index is -0.415. The summed E-state index contributed by atoms with van der Waals surface area (Å²) in [7, 11) is 0. The summed E-state index contributed by atoms with van der Waals surface area (Å²) in [6, 6.07) is 0.233. The number of nitrogens with one attached hydrogen (secondary N) is 1. The average Bonchev–Trinajstić information content (AvgIpc) is 3.13. The van der Waals surface area contributed by atoms with E-state index in [1.807, 2.05) is 0 Å². The molecule has 0 aliphatic carbocycles. The SMILES string of the molecule is C#CCCCN[C@H](C[C@@H](OCCCO)c1nc(C(=O)OCC)cs1)C(C)C. The van der Waals surface area contributed by atoms with E-state index in [-0.39, 0.29) is 18.8 Å². The molecule has 152 valence electrons. The van der Waals surface area contributed by atoms with Gasteiger partial charge in [0.2, 0.25) is 0 Å². The molecule has 1 heterocycles. The number of carbonyl (C=O) groups excluding carboxylic acids is 1. The first-order valence-electron chi connectivity index (χ1n) is 9.55. The average molecular weight is 397 g/mol. The summed E-state index contributed by atoms with van der Waals surface area (Å²) in [5.41, 5.74) is 0.315. The van der Waals surface area contributed by atoms with Gasteiger partial charge in [-0.15, -0.1) is 23.7 Å². The normalized spacial score (nSPS) is 13.3. The highest BCUT2D eigenvalue weighted by Crippen LogP contribution is 2.28. The molecule has 0 aliphatic rings. The van der Waals surface area contributed by atoms with Crippen LogP contribution in [0.1, 0.15) is 68.1 Å². The molecule has 27 heavy (non-hydrogen) atoms. The van der Waals surface area contributed by atoms with Crippen molar-refractivity contribution in [3.8, 4) is 12.3 Å². The molecule has 2 N–H and O–H groups in total. The Hall–Kier alpha value is -1.46. The van der Waals surface area contributed by atoms with Crippen LogP contribution in [-0.4, -0.2) is 48.5 Å². The number of aliphatic hydroxyl groups excluding tert-OH is 1. The highest BCUT2D eigenvalue weighted by molar-refractivity contribution is 7.09. The van der Waals surface area contributed by atoms with Crippen molar-refractivity contribution in [2.45, 2.75) is 58.6 Å². The molecule has 0 amide bonds. The van der Waals surface area contributed by atoms with Crippen LogP contribution < -0.4 is 5.32 Å². The maximum atomic E-state index is 11.9. The van der Waals surface area contributed by atoms with Gasteiger partial charge in [0.15, 0.2) is 5.69 Å². The van der Waals surface area contributed by atoms with Gasteiger partial charge >= 0.3 is 5.97 Å². The third-order valence-electron chi connectivity index (χ3n) is 4.08. The molecule has 1 aromatic rings. The molecule has 0 aliphatic heterocycles. The fraction of sp³-hybridized carbons (Fsp3) is 0.700. The third-order valence-corrected chi connectivity index (χ3v) is 5.02. The lowest BCUT2D eigenvalue weighted by atomic mass is 9.97. The lowest BCUT2D eigenvalue weighted by molar-refractivity contribution is 0.0272. The summed E-state index contributed by atoms with van der Waals surface area (Å²) in [5, 5.41) is 15.1. The largest absolute Gasteiger partial charge is 0.461 e. The first kappa shape index (κ1) is 23.6. The van der Waals surface area contributed by atoms with E-state index in [1.54, 1.807) is 12.3 Å². The van der Waals surface area contributed by atoms with Crippen molar-refractivity contribution < 1.29 is 19.4 Å². The molecular weight excluding hydrogens is 364 g/mol. The van der Waals surface area contributed by atoms with Crippen LogP contribution >= 0.6 is 11.3 Å². The molecule has 0 spiro atoms. The van der Waals surface area contributed by atoms with E-state index in [4.69, 9.17) is 21.0 Å². The van der Waals surface area contributed by atoms with Crippen molar-refractivity contribution in [3.63, 3.8) is 0 Å². The van der Waals surface area contributed by atoms with E-state index in [0.717, 1.165) is 30.8 Å². The second-order valence-corrected chi connectivity index (χ2v) is 7.47. The number of aromatic nitrogens is 1. The number of nitrogens with zero attached hydrogens (tertiary/aromatic N) is 1. The predicted molar refractivity (Wildman–Crippen MR) is 108 cm³/mol. The number of hydrogen-bond donors (Lipinski definition) is 2. The van der Waals surface area contributed by atoms with Crippen LogP contribution in [-0.2, 0) is 9.47 Å². The van der Waals surface area contributed by atoms with Crippen molar-refractivity contribution in [1.82, 2.24) is 10.3 Å². The summed E-state index contributed by atoms with van der Waals surface area (Å²) >= 11 is 1.40. The van der Waals surface area contributed by atoms with E-state index >= 15 is 0 Å². The van der Waals surface area contributed by atoms with Gasteiger partial charge in [-0.3, -0.25) is 0 Å². The monoisotopic (exact) mass is 396 g/mol. The molecule has 1 aromatic heterocycles. The molecule has 0 aromatic carbocycles. The molecule has 6 nitrogen and oxygen atoms in total. The number of unbranched alkanes of at least 4 members (excludes halogenated alkanes) is 1. The van der Waals surface area contributed by atoms with Crippen molar-refractivity contribution in [1.29, 1.82) is 0 Å². The molecule has 0 fully saturated rings. The van der Waals surface area contributed by atoms with Gasteiger partial charge in [0, 0.05) is 31.1 Å². The highest BCUT2D eigenvalue weighted by Gasteiger charge is 2.24. The van der Waals surface area contributed by atoms with Gasteiger partial charge in [-0.25, -0.2) is 9.78 Å². The van der Waals surface area contributed by atoms with Gasteiger partial charge in [-0.1, -0.05) is 13.8 Å². The van der Waals surface area contributed by atoms with E-state index < -0.39 is 5.97 Å². The van der Waals surface area contributed by atoms with Crippen LogP contribution in [0.4, 0.5) is 0 Å². The minimum Gasteiger partial charge on any atom is -0.461 e. The number of aliphatic hydroxyl groups is 1. The number of ether oxygens (including phenoxy) is 2. The Morgan fingerprint density at radius 2 is 2.22 bits per heavy atom. The second kappa shape index (κ2) is 13.7. The Labute approximate surface area is 166 Å². The van der Waals surface area contributed by atoms with Crippen LogP contribution in [0.5, 0.6) is 0 Å². The zero-order valence-electron chi connectivity index (χ0n) is 16.6. The minimum absolute atomic E-state index is 0.0800. The highest BCUT2D eigenvalue weighted by atomic mass is 32.1. The smallest absolute Gasteiger partial charge is 0.357 e. The summed E-state index contributed by atoms with van der Waals surface area (Å²) in [6.07, 6.45) is 8.06. The number of hydrogen-bond acceptors (Lipinski definition) is 7. The van der Waals surface area contributed by atoms with E-state index in [1.165, 1.54) is 11.3 Å². The Bertz CT molecular complexity index is 583. The number of thiazole rings is 1. The lowest BCUT2D eigenvalue weighted by Crippen LogP contribution is -2.36. The second-order valence-electron chi connectivity index (χ2n) is 6.58. The van der Waals surface area contributed by atoms with Crippen molar-refractivity contribution in [3.05, 3.63) is 16.1 Å². The van der Waals surface area contributed by atoms with Crippen LogP contribution in [0.25, 0.3) is 0 Å². The Balaban J connectivity index is 2.82. The molecule has 0 saturated heterocycles. The summed E-state index contributed by atoms with van der Waals surface area (Å²) in [4.78, 5) is 16.3. The quantitative estimate of drug-likeness (QED) is 0.286. The van der Waals surface area contributed by atoms with Crippen LogP contribution in [0.3, 0.4) is 0 Å². The molecule has 0 saturated carbocycles. The third kappa shape index (κ3) is 8.85. The van der Waals surface area contributed by atoms with Crippen LogP contribution in [0.2, 0.25) is 0 Å². The topological polar surface area (TPSA) is 80.7 Å². The number of carbonyl (C=O) groups is 1. The molecule has 2 atom stereocenters. The Morgan fingerprint density at radius 1 is 1.44 bits per heavy atom. The van der Waals surface area contributed by atoms with Crippen molar-refractivity contribution >= 4 is 17.3 Å². The molecule has 0 radical (unpaired) electrons. The van der Waals surface area contributed by atoms with Gasteiger partial charge in [-0.05, 0) is 38.6 Å². The Kier molecular flexibility index (Phi) is 11.9. The van der Waals surface area contributed by atoms with Gasteiger partial charge in [0.25, 0.3) is 0 Å². The first-order valence-corrected chi connectivity index (χ1v) is 10.4. The lowest BCUT2D eigenvalue weighted by Gasteiger charge is -2.26. The zero-order valence-corrected chi connectivity index (χ0v) is 17.4. The molecule has 0 bridgehead atoms. The summed E-state index contributed by atoms with van der Waals surface area (Å²) < 4.78 is 11.0. The molecular formula is C20H32N2O4S. The fourth-order valence-corrected chi connectivity index (χ4v) is 3.41. The van der Waals surface area contributed by atoms with Gasteiger partial charge in [0.05, 0.1) is 6.61 Å². The summed E-state index contributed by atoms with van der Waals surface area (Å²) in [5.74, 6) is 2.65. The molecule has 1 rings (SSSR count). The first-order chi connectivity index (χ1) is 13.0. The molecule has 7 heteroatoms. The number of terminal acetylenes is 1. The Morgan fingerprint density at radius 3 is 2.85 bits per heavy atom. The van der Waals surface area contributed by atoms with E-state index in [9.17, 15) is 4.79 Å². The van der Waals surface area contributed by atoms with Gasteiger partial charge < -0.3 is 19.9 Å². The number of rotatable bonds is 14. The zero-order chi connectivity index (χ0) is 20.1. The fourth-order valence-electron chi connectivity index (χ4n) is 2.56. The predicted octanol–water partition coefficient (Wildman–Crippen LogP) is 3.18. The van der Waals surface area contributed by atoms with E-state index in [2.05, 4.69) is 30.1 Å². The van der Waals surface area contributed by atoms with Crippen molar-refractivity contribution in [2.75, 3.05) is 26.4 Å². The molecule has 0 unspecified atom stereocenters. The van der Waals surface area contributed by atoms with Crippen LogP contribution in [0.15, 0.2) is 5.38 Å². The van der Waals surface area contributed by atoms with Crippen LogP contribution in [0, 0.1) is 18.3 Å². The maximum absolute atomic E-state index is 11.9.